The summed E-state index contributed by atoms with van der Waals surface area (Å²) >= 11 is 0. The summed E-state index contributed by atoms with van der Waals surface area (Å²) in [5, 5.41) is 3.31. The Morgan fingerprint density at radius 3 is 2.92 bits per heavy atom. The fraction of sp³-hybridized carbons (Fsp3) is 0.818. The van der Waals surface area contributed by atoms with Gasteiger partial charge in [0.25, 0.3) is 0 Å². The van der Waals surface area contributed by atoms with Gasteiger partial charge in [-0.15, -0.1) is 0 Å². The molecule has 0 aromatic carbocycles. The molecule has 0 radical (unpaired) electrons. The van der Waals surface area contributed by atoms with Gasteiger partial charge in [0.2, 0.25) is 0 Å². The van der Waals surface area contributed by atoms with Gasteiger partial charge in [-0.1, -0.05) is 11.6 Å². The van der Waals surface area contributed by atoms with E-state index in [9.17, 15) is 0 Å². The van der Waals surface area contributed by atoms with Gasteiger partial charge >= 0.3 is 0 Å². The van der Waals surface area contributed by atoms with Crippen LogP contribution in [0.5, 0.6) is 0 Å². The first-order chi connectivity index (χ1) is 6.38. The summed E-state index contributed by atoms with van der Waals surface area (Å²) in [5.41, 5.74) is 1.54. The van der Waals surface area contributed by atoms with Crippen molar-refractivity contribution in [2.75, 3.05) is 20.3 Å². The molecule has 0 saturated carbocycles. The van der Waals surface area contributed by atoms with Crippen LogP contribution < -0.4 is 5.32 Å². The number of hydrogen-bond acceptors (Lipinski definition) is 2. The quantitative estimate of drug-likeness (QED) is 0.659. The molecule has 1 rings (SSSR count). The number of nitrogens with one attached hydrogen (secondary N) is 1. The van der Waals surface area contributed by atoms with Crippen LogP contribution in [0, 0.1) is 0 Å². The van der Waals surface area contributed by atoms with Crippen molar-refractivity contribution in [2.24, 2.45) is 0 Å². The van der Waals surface area contributed by atoms with E-state index >= 15 is 0 Å². The molecule has 2 heteroatoms. The molecule has 0 spiro atoms. The van der Waals surface area contributed by atoms with Gasteiger partial charge in [-0.3, -0.25) is 0 Å². The molecule has 76 valence electrons. The molecule has 1 aliphatic carbocycles. The Balaban J connectivity index is 2.39. The Bertz CT molecular complexity index is 165. The number of rotatable bonds is 5. The first-order valence-electron chi connectivity index (χ1n) is 5.32. The maximum absolute atomic E-state index is 5.44. The molecule has 1 aliphatic rings. The zero-order valence-electron chi connectivity index (χ0n) is 8.81. The van der Waals surface area contributed by atoms with E-state index < -0.39 is 0 Å². The highest BCUT2D eigenvalue weighted by atomic mass is 16.5. The third-order valence-electron chi connectivity index (χ3n) is 2.61. The van der Waals surface area contributed by atoms with Gasteiger partial charge in [-0.2, -0.15) is 0 Å². The number of hydrogen-bond donors (Lipinski definition) is 1. The smallest absolute Gasteiger partial charge is 0.0657 e. The van der Waals surface area contributed by atoms with E-state index in [4.69, 9.17) is 4.74 Å². The van der Waals surface area contributed by atoms with Gasteiger partial charge in [0.05, 0.1) is 12.6 Å². The van der Waals surface area contributed by atoms with Crippen LogP contribution in [0.1, 0.15) is 32.6 Å². The number of likely N-dealkylation sites (N-methyl/N-ethyl adjacent to an activating group) is 1. The van der Waals surface area contributed by atoms with E-state index in [1.54, 1.807) is 5.57 Å². The highest BCUT2D eigenvalue weighted by Crippen LogP contribution is 2.20. The summed E-state index contributed by atoms with van der Waals surface area (Å²) in [6.07, 6.45) is 7.58. The lowest BCUT2D eigenvalue weighted by molar-refractivity contribution is 0.132. The van der Waals surface area contributed by atoms with E-state index in [1.165, 1.54) is 25.7 Å². The minimum absolute atomic E-state index is 0.445. The third-order valence-corrected chi connectivity index (χ3v) is 2.61. The first kappa shape index (κ1) is 10.7. The van der Waals surface area contributed by atoms with Crippen molar-refractivity contribution in [3.63, 3.8) is 0 Å². The van der Waals surface area contributed by atoms with Crippen molar-refractivity contribution in [1.29, 1.82) is 0 Å². The molecular weight excluding hydrogens is 162 g/mol. The molecular formula is C11H21NO. The van der Waals surface area contributed by atoms with Crippen LogP contribution in [0.3, 0.4) is 0 Å². The molecule has 0 bridgehead atoms. The summed E-state index contributed by atoms with van der Waals surface area (Å²) in [5.74, 6) is 0. The van der Waals surface area contributed by atoms with E-state index in [0.29, 0.717) is 6.04 Å². The summed E-state index contributed by atoms with van der Waals surface area (Å²) in [7, 11) is 2.01. The standard InChI is InChI=1S/C11H21NO/c1-3-13-9-11(12-2)10-7-5-4-6-8-10/h7,11-12H,3-6,8-9H2,1-2H3. The SMILES string of the molecule is CCOCC(NC)C1=CCCCC1. The van der Waals surface area contributed by atoms with Crippen molar-refractivity contribution < 1.29 is 4.74 Å². The summed E-state index contributed by atoms with van der Waals surface area (Å²) in [4.78, 5) is 0. The lowest BCUT2D eigenvalue weighted by Crippen LogP contribution is -2.33. The molecule has 13 heavy (non-hydrogen) atoms. The van der Waals surface area contributed by atoms with Gasteiger partial charge in [0.1, 0.15) is 0 Å². The molecule has 0 amide bonds. The summed E-state index contributed by atoms with van der Waals surface area (Å²) < 4.78 is 5.44. The van der Waals surface area contributed by atoms with E-state index in [2.05, 4.69) is 11.4 Å². The minimum atomic E-state index is 0.445. The maximum atomic E-state index is 5.44. The highest BCUT2D eigenvalue weighted by Gasteiger charge is 2.13. The zero-order chi connectivity index (χ0) is 9.52. The highest BCUT2D eigenvalue weighted by molar-refractivity contribution is 5.13. The van der Waals surface area contributed by atoms with Gasteiger partial charge in [-0.05, 0) is 39.7 Å². The average molecular weight is 183 g/mol. The summed E-state index contributed by atoms with van der Waals surface area (Å²) in [6.45, 7) is 3.67. The molecule has 1 N–H and O–H groups in total. The molecule has 0 saturated heterocycles. The lowest BCUT2D eigenvalue weighted by Gasteiger charge is -2.22. The second-order valence-corrected chi connectivity index (χ2v) is 3.53. The second-order valence-electron chi connectivity index (χ2n) is 3.53. The predicted octanol–water partition coefficient (Wildman–Crippen LogP) is 2.11. The predicted molar refractivity (Wildman–Crippen MR) is 55.9 cm³/mol. The number of ether oxygens (including phenoxy) is 1. The molecule has 0 aromatic heterocycles. The molecule has 0 fully saturated rings. The molecule has 0 heterocycles. The average Bonchev–Trinajstić information content (AvgIpc) is 2.21. The van der Waals surface area contributed by atoms with Gasteiger partial charge in [0, 0.05) is 6.61 Å². The Labute approximate surface area is 81.4 Å². The van der Waals surface area contributed by atoms with Gasteiger partial charge in [-0.25, -0.2) is 0 Å². The maximum Gasteiger partial charge on any atom is 0.0657 e. The fourth-order valence-corrected chi connectivity index (χ4v) is 1.79. The van der Waals surface area contributed by atoms with Crippen molar-refractivity contribution in [1.82, 2.24) is 5.32 Å². The van der Waals surface area contributed by atoms with Gasteiger partial charge in [0.15, 0.2) is 0 Å². The van der Waals surface area contributed by atoms with Crippen LogP contribution in [-0.4, -0.2) is 26.3 Å². The molecule has 0 aromatic rings. The first-order valence-corrected chi connectivity index (χ1v) is 5.32. The van der Waals surface area contributed by atoms with Gasteiger partial charge < -0.3 is 10.1 Å². The Morgan fingerprint density at radius 2 is 2.38 bits per heavy atom. The summed E-state index contributed by atoms with van der Waals surface area (Å²) in [6, 6.07) is 0.445. The monoisotopic (exact) mass is 183 g/mol. The molecule has 0 aliphatic heterocycles. The van der Waals surface area contributed by atoms with E-state index in [-0.39, 0.29) is 0 Å². The third kappa shape index (κ3) is 3.49. The van der Waals surface area contributed by atoms with Crippen molar-refractivity contribution >= 4 is 0 Å². The Morgan fingerprint density at radius 1 is 1.54 bits per heavy atom. The number of allylic oxidation sites excluding steroid dienone is 1. The van der Waals surface area contributed by atoms with Crippen LogP contribution in [0.25, 0.3) is 0 Å². The van der Waals surface area contributed by atoms with Crippen LogP contribution >= 0.6 is 0 Å². The normalized spacial score (nSPS) is 19.7. The molecule has 1 atom stereocenters. The molecule has 2 nitrogen and oxygen atoms in total. The Hall–Kier alpha value is -0.340. The van der Waals surface area contributed by atoms with Crippen LogP contribution in [0.4, 0.5) is 0 Å². The topological polar surface area (TPSA) is 21.3 Å². The zero-order valence-corrected chi connectivity index (χ0v) is 8.81. The van der Waals surface area contributed by atoms with Crippen LogP contribution in [0.2, 0.25) is 0 Å². The van der Waals surface area contributed by atoms with Crippen LogP contribution in [-0.2, 0) is 4.74 Å². The second kappa shape index (κ2) is 6.17. The van der Waals surface area contributed by atoms with E-state index in [1.807, 2.05) is 14.0 Å². The Kier molecular flexibility index (Phi) is 5.09. The van der Waals surface area contributed by atoms with Crippen molar-refractivity contribution in [3.8, 4) is 0 Å². The largest absolute Gasteiger partial charge is 0.380 e. The minimum Gasteiger partial charge on any atom is -0.380 e. The molecule has 1 unspecified atom stereocenters. The lowest BCUT2D eigenvalue weighted by atomic mass is 9.94. The van der Waals surface area contributed by atoms with E-state index in [0.717, 1.165) is 13.2 Å². The fourth-order valence-electron chi connectivity index (χ4n) is 1.79. The van der Waals surface area contributed by atoms with Crippen molar-refractivity contribution in [2.45, 2.75) is 38.6 Å². The van der Waals surface area contributed by atoms with Crippen LogP contribution in [0.15, 0.2) is 11.6 Å². The van der Waals surface area contributed by atoms with Crippen molar-refractivity contribution in [3.05, 3.63) is 11.6 Å².